The maximum Gasteiger partial charge on any atom is 0.0631 e. The van der Waals surface area contributed by atoms with Crippen molar-refractivity contribution in [2.24, 2.45) is 0 Å². The van der Waals surface area contributed by atoms with Crippen LogP contribution < -0.4 is 0 Å². The first kappa shape index (κ1) is 11.0. The molecule has 0 amide bonds. The number of aliphatic hydroxyl groups excluding tert-OH is 1. The third kappa shape index (κ3) is 3.65. The van der Waals surface area contributed by atoms with E-state index in [0.717, 1.165) is 32.1 Å². The first-order valence-electron chi connectivity index (χ1n) is 5.39. The summed E-state index contributed by atoms with van der Waals surface area (Å²) in [7, 11) is 0. The van der Waals surface area contributed by atoms with Gasteiger partial charge in [0.1, 0.15) is 0 Å². The van der Waals surface area contributed by atoms with Crippen molar-refractivity contribution in [2.75, 3.05) is 0 Å². The highest BCUT2D eigenvalue weighted by Gasteiger charge is 2.31. The zero-order valence-corrected chi connectivity index (χ0v) is 9.05. The van der Waals surface area contributed by atoms with Crippen LogP contribution in [-0.2, 0) is 4.74 Å². The van der Waals surface area contributed by atoms with Crippen molar-refractivity contribution < 1.29 is 9.84 Å². The van der Waals surface area contributed by atoms with E-state index in [9.17, 15) is 5.11 Å². The van der Waals surface area contributed by atoms with Crippen molar-refractivity contribution in [1.82, 2.24) is 0 Å². The lowest BCUT2D eigenvalue weighted by molar-refractivity contribution is -0.0235. The Hall–Kier alpha value is -0.0800. The Balaban J connectivity index is 2.17. The summed E-state index contributed by atoms with van der Waals surface area (Å²) in [5.74, 6) is 0. The number of rotatable bonds is 4. The summed E-state index contributed by atoms with van der Waals surface area (Å²) in [4.78, 5) is 0. The monoisotopic (exact) mass is 186 g/mol. The van der Waals surface area contributed by atoms with E-state index in [1.54, 1.807) is 0 Å². The van der Waals surface area contributed by atoms with Crippen LogP contribution in [0.15, 0.2) is 0 Å². The molecule has 0 aromatic rings. The minimum atomic E-state index is -0.132. The third-order valence-electron chi connectivity index (χ3n) is 2.85. The minimum Gasteiger partial charge on any atom is -0.393 e. The van der Waals surface area contributed by atoms with Gasteiger partial charge in [0.2, 0.25) is 0 Å². The molecular weight excluding hydrogens is 164 g/mol. The average molecular weight is 186 g/mol. The lowest BCUT2D eigenvalue weighted by Gasteiger charge is -2.19. The second-order valence-electron chi connectivity index (χ2n) is 4.68. The zero-order chi connectivity index (χ0) is 9.90. The fourth-order valence-corrected chi connectivity index (χ4v) is 1.86. The van der Waals surface area contributed by atoms with E-state index in [4.69, 9.17) is 4.74 Å². The molecule has 1 heterocycles. The van der Waals surface area contributed by atoms with Gasteiger partial charge in [-0.1, -0.05) is 6.92 Å². The van der Waals surface area contributed by atoms with E-state index in [0.29, 0.717) is 6.10 Å². The van der Waals surface area contributed by atoms with Gasteiger partial charge in [-0.3, -0.25) is 0 Å². The summed E-state index contributed by atoms with van der Waals surface area (Å²) < 4.78 is 5.83. The Kier molecular flexibility index (Phi) is 3.74. The summed E-state index contributed by atoms with van der Waals surface area (Å²) in [5.41, 5.74) is 0.0713. The minimum absolute atomic E-state index is 0.0713. The number of ether oxygens (including phenoxy) is 1. The van der Waals surface area contributed by atoms with Crippen LogP contribution in [0, 0.1) is 0 Å². The molecule has 1 fully saturated rings. The van der Waals surface area contributed by atoms with Gasteiger partial charge >= 0.3 is 0 Å². The first-order valence-corrected chi connectivity index (χ1v) is 5.39. The molecule has 0 saturated carbocycles. The predicted octanol–water partition coefficient (Wildman–Crippen LogP) is 2.50. The van der Waals surface area contributed by atoms with Crippen LogP contribution in [0.2, 0.25) is 0 Å². The molecule has 2 atom stereocenters. The molecule has 0 aliphatic carbocycles. The largest absolute Gasteiger partial charge is 0.393 e. The van der Waals surface area contributed by atoms with E-state index in [-0.39, 0.29) is 11.7 Å². The lowest BCUT2D eigenvalue weighted by Crippen LogP contribution is -2.20. The van der Waals surface area contributed by atoms with Crippen LogP contribution in [0.4, 0.5) is 0 Å². The summed E-state index contributed by atoms with van der Waals surface area (Å²) in [6.45, 7) is 6.30. The van der Waals surface area contributed by atoms with E-state index in [1.165, 1.54) is 0 Å². The van der Waals surface area contributed by atoms with Crippen molar-refractivity contribution in [1.29, 1.82) is 0 Å². The second-order valence-corrected chi connectivity index (χ2v) is 4.68. The molecule has 0 aromatic heterocycles. The molecule has 1 rings (SSSR count). The number of aliphatic hydroxyl groups is 1. The zero-order valence-electron chi connectivity index (χ0n) is 9.05. The Morgan fingerprint density at radius 3 is 2.69 bits per heavy atom. The lowest BCUT2D eigenvalue weighted by atomic mass is 10.0. The van der Waals surface area contributed by atoms with Gasteiger partial charge in [-0.2, -0.15) is 0 Å². The fourth-order valence-electron chi connectivity index (χ4n) is 1.86. The Morgan fingerprint density at radius 1 is 1.54 bits per heavy atom. The number of hydrogen-bond acceptors (Lipinski definition) is 2. The van der Waals surface area contributed by atoms with E-state index >= 15 is 0 Å². The molecule has 2 heteroatoms. The number of hydrogen-bond donors (Lipinski definition) is 1. The van der Waals surface area contributed by atoms with Gasteiger partial charge in [0.15, 0.2) is 0 Å². The van der Waals surface area contributed by atoms with Crippen LogP contribution in [0.3, 0.4) is 0 Å². The van der Waals surface area contributed by atoms with E-state index < -0.39 is 0 Å². The van der Waals surface area contributed by atoms with Gasteiger partial charge in [0.05, 0.1) is 17.8 Å². The third-order valence-corrected chi connectivity index (χ3v) is 2.85. The Morgan fingerprint density at radius 2 is 2.23 bits per heavy atom. The molecule has 1 N–H and O–H groups in total. The van der Waals surface area contributed by atoms with E-state index in [2.05, 4.69) is 13.8 Å². The van der Waals surface area contributed by atoms with Crippen LogP contribution >= 0.6 is 0 Å². The maximum absolute atomic E-state index is 9.39. The standard InChI is InChI=1S/C11H22O2/c1-4-9(12)5-6-10-7-8-11(2,3)13-10/h9-10,12H,4-8H2,1-3H3. The second kappa shape index (κ2) is 4.43. The molecule has 0 spiro atoms. The van der Waals surface area contributed by atoms with Crippen molar-refractivity contribution >= 4 is 0 Å². The predicted molar refractivity (Wildman–Crippen MR) is 53.7 cm³/mol. The molecule has 0 bridgehead atoms. The van der Waals surface area contributed by atoms with Crippen LogP contribution in [0.1, 0.15) is 52.9 Å². The molecule has 2 unspecified atom stereocenters. The average Bonchev–Trinajstić information content (AvgIpc) is 2.41. The van der Waals surface area contributed by atoms with Crippen molar-refractivity contribution in [3.8, 4) is 0 Å². The van der Waals surface area contributed by atoms with Crippen molar-refractivity contribution in [3.63, 3.8) is 0 Å². The van der Waals surface area contributed by atoms with Crippen LogP contribution in [0.5, 0.6) is 0 Å². The van der Waals surface area contributed by atoms with Gasteiger partial charge in [-0.15, -0.1) is 0 Å². The maximum atomic E-state index is 9.39. The molecule has 78 valence electrons. The summed E-state index contributed by atoms with van der Waals surface area (Å²) in [5, 5.41) is 9.39. The summed E-state index contributed by atoms with van der Waals surface area (Å²) in [6, 6.07) is 0. The van der Waals surface area contributed by atoms with Crippen LogP contribution in [0.25, 0.3) is 0 Å². The van der Waals surface area contributed by atoms with Gasteiger partial charge in [0.25, 0.3) is 0 Å². The van der Waals surface area contributed by atoms with E-state index in [1.807, 2.05) is 6.92 Å². The van der Waals surface area contributed by atoms with Gasteiger partial charge < -0.3 is 9.84 Å². The van der Waals surface area contributed by atoms with Crippen molar-refractivity contribution in [3.05, 3.63) is 0 Å². The smallest absolute Gasteiger partial charge is 0.0631 e. The fraction of sp³-hybridized carbons (Fsp3) is 1.00. The molecular formula is C11H22O2. The molecule has 0 aromatic carbocycles. The van der Waals surface area contributed by atoms with Crippen LogP contribution in [-0.4, -0.2) is 22.9 Å². The Labute approximate surface area is 81.3 Å². The SMILES string of the molecule is CCC(O)CCC1CCC(C)(C)O1. The first-order chi connectivity index (χ1) is 6.03. The Bertz CT molecular complexity index is 154. The molecule has 1 saturated heterocycles. The van der Waals surface area contributed by atoms with Crippen molar-refractivity contribution in [2.45, 2.75) is 70.7 Å². The highest BCUT2D eigenvalue weighted by atomic mass is 16.5. The van der Waals surface area contributed by atoms with Gasteiger partial charge in [-0.05, 0) is 46.0 Å². The quantitative estimate of drug-likeness (QED) is 0.731. The highest BCUT2D eigenvalue weighted by Crippen LogP contribution is 2.31. The molecule has 13 heavy (non-hydrogen) atoms. The summed E-state index contributed by atoms with van der Waals surface area (Å²) in [6.07, 6.45) is 5.32. The molecule has 1 aliphatic rings. The van der Waals surface area contributed by atoms with Gasteiger partial charge in [0, 0.05) is 0 Å². The molecule has 0 radical (unpaired) electrons. The normalized spacial score (nSPS) is 29.1. The molecule has 1 aliphatic heterocycles. The molecule has 2 nitrogen and oxygen atoms in total. The van der Waals surface area contributed by atoms with Gasteiger partial charge in [-0.25, -0.2) is 0 Å². The topological polar surface area (TPSA) is 29.5 Å². The highest BCUT2D eigenvalue weighted by molar-refractivity contribution is 4.81. The summed E-state index contributed by atoms with van der Waals surface area (Å²) >= 11 is 0.